The van der Waals surface area contributed by atoms with Crippen molar-refractivity contribution < 1.29 is 4.79 Å². The number of nitrogens with zero attached hydrogens (tertiary/aromatic N) is 2. The van der Waals surface area contributed by atoms with E-state index < -0.39 is 0 Å². The number of aromatic nitrogens is 1. The SMILES string of the molecule is N#CCCN(C(=O)CCc1c[nH]c2ccccc12)C1CC1. The maximum Gasteiger partial charge on any atom is 0.223 e. The molecule has 3 rings (SSSR count). The van der Waals surface area contributed by atoms with Crippen LogP contribution in [0.5, 0.6) is 0 Å². The van der Waals surface area contributed by atoms with E-state index in [0.29, 0.717) is 25.4 Å². The number of amides is 1. The lowest BCUT2D eigenvalue weighted by atomic mass is 10.1. The summed E-state index contributed by atoms with van der Waals surface area (Å²) in [5.74, 6) is 0.179. The summed E-state index contributed by atoms with van der Waals surface area (Å²) in [6, 6.07) is 10.7. The van der Waals surface area contributed by atoms with E-state index in [1.165, 1.54) is 10.9 Å². The number of rotatable bonds is 6. The van der Waals surface area contributed by atoms with Gasteiger partial charge >= 0.3 is 0 Å². The average Bonchev–Trinajstić information content (AvgIpc) is 3.26. The average molecular weight is 281 g/mol. The lowest BCUT2D eigenvalue weighted by molar-refractivity contribution is -0.131. The van der Waals surface area contributed by atoms with Gasteiger partial charge in [-0.15, -0.1) is 0 Å². The van der Waals surface area contributed by atoms with E-state index in [0.717, 1.165) is 24.8 Å². The molecule has 1 aromatic carbocycles. The molecule has 0 bridgehead atoms. The second-order valence-corrected chi connectivity index (χ2v) is 5.59. The summed E-state index contributed by atoms with van der Waals surface area (Å²) in [7, 11) is 0. The molecule has 0 aliphatic heterocycles. The van der Waals surface area contributed by atoms with E-state index >= 15 is 0 Å². The van der Waals surface area contributed by atoms with Crippen LogP contribution >= 0.6 is 0 Å². The fourth-order valence-electron chi connectivity index (χ4n) is 2.79. The molecule has 0 unspecified atom stereocenters. The van der Waals surface area contributed by atoms with E-state index in [4.69, 9.17) is 5.26 Å². The molecule has 0 radical (unpaired) electrons. The van der Waals surface area contributed by atoms with Crippen LogP contribution in [0.3, 0.4) is 0 Å². The highest BCUT2D eigenvalue weighted by atomic mass is 16.2. The third-order valence-electron chi connectivity index (χ3n) is 4.06. The summed E-state index contributed by atoms with van der Waals surface area (Å²) in [5, 5.41) is 9.90. The molecule has 1 aliphatic rings. The first-order valence-electron chi connectivity index (χ1n) is 7.51. The van der Waals surface area contributed by atoms with Crippen LogP contribution in [0, 0.1) is 11.3 Å². The van der Waals surface area contributed by atoms with Crippen LogP contribution in [-0.2, 0) is 11.2 Å². The standard InChI is InChI=1S/C17H19N3O/c18-10-3-11-20(14-7-8-14)17(21)9-6-13-12-19-16-5-2-1-4-15(13)16/h1-2,4-5,12,14,19H,3,6-9,11H2. The Labute approximate surface area is 124 Å². The van der Waals surface area contributed by atoms with Crippen LogP contribution in [0.1, 0.15) is 31.2 Å². The zero-order valence-electron chi connectivity index (χ0n) is 12.0. The first-order chi connectivity index (χ1) is 10.3. The van der Waals surface area contributed by atoms with Gasteiger partial charge in [0.15, 0.2) is 0 Å². The Morgan fingerprint density at radius 1 is 1.38 bits per heavy atom. The topological polar surface area (TPSA) is 59.9 Å². The fourth-order valence-corrected chi connectivity index (χ4v) is 2.79. The van der Waals surface area contributed by atoms with Gasteiger partial charge in [0.05, 0.1) is 12.5 Å². The largest absolute Gasteiger partial charge is 0.361 e. The van der Waals surface area contributed by atoms with Gasteiger partial charge in [0.2, 0.25) is 5.91 Å². The second-order valence-electron chi connectivity index (χ2n) is 5.59. The van der Waals surface area contributed by atoms with Crippen LogP contribution in [-0.4, -0.2) is 28.4 Å². The van der Waals surface area contributed by atoms with Gasteiger partial charge in [-0.1, -0.05) is 18.2 Å². The number of benzene rings is 1. The second kappa shape index (κ2) is 6.01. The van der Waals surface area contributed by atoms with Gasteiger partial charge in [-0.3, -0.25) is 4.79 Å². The summed E-state index contributed by atoms with van der Waals surface area (Å²) in [6.45, 7) is 0.577. The van der Waals surface area contributed by atoms with Crippen LogP contribution < -0.4 is 0 Å². The predicted octanol–water partition coefficient (Wildman–Crippen LogP) is 3.01. The first-order valence-corrected chi connectivity index (χ1v) is 7.51. The van der Waals surface area contributed by atoms with Crippen molar-refractivity contribution in [2.45, 2.75) is 38.1 Å². The van der Waals surface area contributed by atoms with Crippen molar-refractivity contribution in [1.82, 2.24) is 9.88 Å². The summed E-state index contributed by atoms with van der Waals surface area (Å²) in [5.41, 5.74) is 2.30. The normalized spacial score (nSPS) is 14.0. The highest BCUT2D eigenvalue weighted by Crippen LogP contribution is 2.28. The van der Waals surface area contributed by atoms with Gasteiger partial charge in [0.1, 0.15) is 0 Å². The minimum atomic E-state index is 0.179. The molecule has 108 valence electrons. The number of aromatic amines is 1. The maximum absolute atomic E-state index is 12.4. The number of para-hydroxylation sites is 1. The molecular formula is C17H19N3O. The van der Waals surface area contributed by atoms with Crippen LogP contribution in [0.2, 0.25) is 0 Å². The highest BCUT2D eigenvalue weighted by molar-refractivity contribution is 5.84. The number of hydrogen-bond donors (Lipinski definition) is 1. The number of carbonyl (C=O) groups is 1. The molecule has 1 aromatic heterocycles. The third-order valence-corrected chi connectivity index (χ3v) is 4.06. The van der Waals surface area contributed by atoms with Crippen LogP contribution in [0.4, 0.5) is 0 Å². The number of nitrogens with one attached hydrogen (secondary N) is 1. The Morgan fingerprint density at radius 2 is 2.19 bits per heavy atom. The predicted molar refractivity (Wildman–Crippen MR) is 81.6 cm³/mol. The highest BCUT2D eigenvalue weighted by Gasteiger charge is 2.31. The van der Waals surface area contributed by atoms with E-state index in [9.17, 15) is 4.79 Å². The molecule has 1 aliphatic carbocycles. The number of hydrogen-bond acceptors (Lipinski definition) is 2. The first kappa shape index (κ1) is 13.7. The molecule has 1 N–H and O–H groups in total. The molecule has 2 aromatic rings. The molecule has 4 heteroatoms. The smallest absolute Gasteiger partial charge is 0.223 e. The van der Waals surface area contributed by atoms with E-state index in [2.05, 4.69) is 17.1 Å². The Hall–Kier alpha value is -2.28. The Bertz CT molecular complexity index is 679. The molecule has 1 heterocycles. The summed E-state index contributed by atoms with van der Waals surface area (Å²) < 4.78 is 0. The van der Waals surface area contributed by atoms with E-state index in [1.807, 2.05) is 29.3 Å². The number of nitriles is 1. The Morgan fingerprint density at radius 3 is 2.95 bits per heavy atom. The van der Waals surface area contributed by atoms with Gasteiger partial charge < -0.3 is 9.88 Å². The van der Waals surface area contributed by atoms with Crippen molar-refractivity contribution in [1.29, 1.82) is 5.26 Å². The lowest BCUT2D eigenvalue weighted by Gasteiger charge is -2.21. The van der Waals surface area contributed by atoms with Crippen molar-refractivity contribution in [2.75, 3.05) is 6.54 Å². The monoisotopic (exact) mass is 281 g/mol. The molecule has 0 saturated heterocycles. The zero-order valence-corrected chi connectivity index (χ0v) is 12.0. The van der Waals surface area contributed by atoms with Gasteiger partial charge in [-0.25, -0.2) is 0 Å². The van der Waals surface area contributed by atoms with Crippen LogP contribution in [0.25, 0.3) is 10.9 Å². The van der Waals surface area contributed by atoms with Gasteiger partial charge in [0.25, 0.3) is 0 Å². The summed E-state index contributed by atoms with van der Waals surface area (Å²) in [6.07, 6.45) is 5.86. The number of aryl methyl sites for hydroxylation is 1. The minimum absolute atomic E-state index is 0.179. The molecular weight excluding hydrogens is 262 g/mol. The molecule has 1 fully saturated rings. The quantitative estimate of drug-likeness (QED) is 0.884. The third kappa shape index (κ3) is 3.08. The molecule has 21 heavy (non-hydrogen) atoms. The molecule has 4 nitrogen and oxygen atoms in total. The van der Waals surface area contributed by atoms with Crippen molar-refractivity contribution >= 4 is 16.8 Å². The molecule has 1 saturated carbocycles. The number of carbonyl (C=O) groups excluding carboxylic acids is 1. The van der Waals surface area contributed by atoms with Gasteiger partial charge in [-0.05, 0) is 30.9 Å². The zero-order chi connectivity index (χ0) is 14.7. The number of fused-ring (bicyclic) bond motifs is 1. The molecule has 0 spiro atoms. The summed E-state index contributed by atoms with van der Waals surface area (Å²) in [4.78, 5) is 17.5. The molecule has 0 atom stereocenters. The maximum atomic E-state index is 12.4. The lowest BCUT2D eigenvalue weighted by Crippen LogP contribution is -2.34. The van der Waals surface area contributed by atoms with E-state index in [1.54, 1.807) is 0 Å². The molecule has 1 amide bonds. The Balaban J connectivity index is 1.63. The van der Waals surface area contributed by atoms with Crippen molar-refractivity contribution in [3.05, 3.63) is 36.0 Å². The van der Waals surface area contributed by atoms with Crippen LogP contribution in [0.15, 0.2) is 30.5 Å². The number of H-pyrrole nitrogens is 1. The summed E-state index contributed by atoms with van der Waals surface area (Å²) >= 11 is 0. The Kier molecular flexibility index (Phi) is 3.92. The minimum Gasteiger partial charge on any atom is -0.361 e. The van der Waals surface area contributed by atoms with Crippen molar-refractivity contribution in [2.24, 2.45) is 0 Å². The van der Waals surface area contributed by atoms with Gasteiger partial charge in [0, 0.05) is 36.1 Å². The van der Waals surface area contributed by atoms with E-state index in [-0.39, 0.29) is 5.91 Å². The fraction of sp³-hybridized carbons (Fsp3) is 0.412. The van der Waals surface area contributed by atoms with Crippen molar-refractivity contribution in [3.63, 3.8) is 0 Å². The van der Waals surface area contributed by atoms with Crippen molar-refractivity contribution in [3.8, 4) is 6.07 Å². The van der Waals surface area contributed by atoms with Gasteiger partial charge in [-0.2, -0.15) is 5.26 Å².